The van der Waals surface area contributed by atoms with Crippen LogP contribution < -0.4 is 4.74 Å². The predicted octanol–water partition coefficient (Wildman–Crippen LogP) is 3.64. The molecule has 0 aliphatic rings. The van der Waals surface area contributed by atoms with Crippen LogP contribution in [0.5, 0.6) is 5.75 Å². The molecule has 4 nitrogen and oxygen atoms in total. The molecule has 0 saturated heterocycles. The van der Waals surface area contributed by atoms with Crippen molar-refractivity contribution in [3.05, 3.63) is 59.9 Å². The number of nitrogens with zero attached hydrogens (tertiary/aromatic N) is 2. The molecule has 0 aliphatic carbocycles. The summed E-state index contributed by atoms with van der Waals surface area (Å²) in [6, 6.07) is 17.2. The van der Waals surface area contributed by atoms with Crippen molar-refractivity contribution in [1.82, 2.24) is 9.97 Å². The van der Waals surface area contributed by atoms with Gasteiger partial charge in [0.2, 0.25) is 0 Å². The second-order valence-electron chi connectivity index (χ2n) is 4.84. The summed E-state index contributed by atoms with van der Waals surface area (Å²) < 4.78 is 5.39. The Morgan fingerprint density at radius 2 is 2.13 bits per heavy atom. The Hall–Kier alpha value is -3.50. The Kier molecular flexibility index (Phi) is 4.09. The van der Waals surface area contributed by atoms with E-state index in [1.807, 2.05) is 48.5 Å². The maximum absolute atomic E-state index is 9.44. The second kappa shape index (κ2) is 6.51. The number of allylic oxidation sites excluding steroid dienone is 1. The number of terminal acetylenes is 1. The van der Waals surface area contributed by atoms with Gasteiger partial charge in [-0.05, 0) is 35.9 Å². The minimum Gasteiger partial charge on any atom is -0.481 e. The van der Waals surface area contributed by atoms with Gasteiger partial charge in [0.25, 0.3) is 0 Å². The molecule has 0 radical (unpaired) electrons. The number of hydrogen-bond donors (Lipinski definition) is 1. The lowest BCUT2D eigenvalue weighted by atomic mass is 10.1. The van der Waals surface area contributed by atoms with Crippen LogP contribution in [-0.2, 0) is 0 Å². The van der Waals surface area contributed by atoms with Gasteiger partial charge in [0.15, 0.2) is 0 Å². The number of hydrogen-bond acceptors (Lipinski definition) is 3. The van der Waals surface area contributed by atoms with E-state index in [1.54, 1.807) is 6.08 Å². The number of aromatic amines is 1. The number of rotatable bonds is 4. The lowest BCUT2D eigenvalue weighted by Crippen LogP contribution is -1.93. The third kappa shape index (κ3) is 3.23. The van der Waals surface area contributed by atoms with E-state index in [2.05, 4.69) is 22.0 Å². The molecule has 3 rings (SSSR count). The maximum Gasteiger partial charge on any atom is 0.149 e. The Morgan fingerprint density at radius 1 is 1.26 bits per heavy atom. The topological polar surface area (TPSA) is 61.7 Å². The molecule has 0 atom stereocenters. The number of fused-ring (bicyclic) bond motifs is 1. The third-order valence-electron chi connectivity index (χ3n) is 3.26. The van der Waals surface area contributed by atoms with Crippen LogP contribution in [0.4, 0.5) is 0 Å². The van der Waals surface area contributed by atoms with Crippen LogP contribution in [0.1, 0.15) is 11.4 Å². The predicted molar refractivity (Wildman–Crippen MR) is 90.3 cm³/mol. The smallest absolute Gasteiger partial charge is 0.149 e. The molecule has 1 aromatic heterocycles. The van der Waals surface area contributed by atoms with E-state index >= 15 is 0 Å². The lowest BCUT2D eigenvalue weighted by Gasteiger charge is -2.03. The van der Waals surface area contributed by atoms with Gasteiger partial charge in [0.05, 0.1) is 16.6 Å². The molecule has 1 N–H and O–H groups in total. The van der Waals surface area contributed by atoms with Crippen molar-refractivity contribution in [3.63, 3.8) is 0 Å². The molecular formula is C19H13N3O. The highest BCUT2D eigenvalue weighted by atomic mass is 16.5. The summed E-state index contributed by atoms with van der Waals surface area (Å²) >= 11 is 0. The molecule has 0 bridgehead atoms. The zero-order chi connectivity index (χ0) is 16.1. The Balaban J connectivity index is 1.96. The van der Waals surface area contributed by atoms with Crippen LogP contribution in [0.3, 0.4) is 0 Å². The largest absolute Gasteiger partial charge is 0.481 e. The number of para-hydroxylation sites is 2. The molecule has 1 heterocycles. The molecule has 0 amide bonds. The Bertz CT molecular complexity index is 921. The summed E-state index contributed by atoms with van der Waals surface area (Å²) in [5.74, 6) is 3.63. The molecule has 3 aromatic rings. The van der Waals surface area contributed by atoms with Crippen LogP contribution in [0.2, 0.25) is 0 Å². The molecule has 110 valence electrons. The Labute approximate surface area is 134 Å². The number of ether oxygens (including phenoxy) is 1. The highest BCUT2D eigenvalue weighted by molar-refractivity contribution is 5.90. The van der Waals surface area contributed by atoms with Gasteiger partial charge < -0.3 is 9.72 Å². The van der Waals surface area contributed by atoms with Crippen molar-refractivity contribution in [1.29, 1.82) is 5.26 Å². The number of H-pyrrole nitrogens is 1. The fourth-order valence-electron chi connectivity index (χ4n) is 2.22. The van der Waals surface area contributed by atoms with E-state index in [9.17, 15) is 5.26 Å². The van der Waals surface area contributed by atoms with Gasteiger partial charge in [-0.15, -0.1) is 6.42 Å². The molecule has 4 heteroatoms. The number of nitriles is 1. The molecule has 0 saturated carbocycles. The summed E-state index contributed by atoms with van der Waals surface area (Å²) in [7, 11) is 0. The summed E-state index contributed by atoms with van der Waals surface area (Å²) in [5, 5.41) is 9.44. The fourth-order valence-corrected chi connectivity index (χ4v) is 2.22. The fraction of sp³-hybridized carbons (Fsp3) is 0.0526. The number of imidazole rings is 1. The third-order valence-corrected chi connectivity index (χ3v) is 3.26. The van der Waals surface area contributed by atoms with Crippen LogP contribution in [0.15, 0.2) is 48.5 Å². The van der Waals surface area contributed by atoms with Gasteiger partial charge in [-0.1, -0.05) is 30.2 Å². The second-order valence-corrected chi connectivity index (χ2v) is 4.84. The van der Waals surface area contributed by atoms with E-state index in [0.717, 1.165) is 16.6 Å². The normalized spacial score (nSPS) is 11.0. The molecule has 0 unspecified atom stereocenters. The summed E-state index contributed by atoms with van der Waals surface area (Å²) in [4.78, 5) is 7.60. The minimum atomic E-state index is 0.210. The molecule has 2 aromatic carbocycles. The van der Waals surface area contributed by atoms with Crippen LogP contribution >= 0.6 is 0 Å². The molecule has 23 heavy (non-hydrogen) atoms. The highest BCUT2D eigenvalue weighted by Crippen LogP contribution is 2.21. The van der Waals surface area contributed by atoms with Crippen LogP contribution in [0.25, 0.3) is 22.7 Å². The van der Waals surface area contributed by atoms with E-state index in [1.165, 1.54) is 0 Å². The van der Waals surface area contributed by atoms with Crippen LogP contribution in [-0.4, -0.2) is 16.6 Å². The average Bonchev–Trinajstić information content (AvgIpc) is 3.02. The number of aromatic nitrogens is 2. The van der Waals surface area contributed by atoms with Crippen molar-refractivity contribution in [2.45, 2.75) is 0 Å². The molecular weight excluding hydrogens is 286 g/mol. The lowest BCUT2D eigenvalue weighted by molar-refractivity contribution is 0.370. The zero-order valence-electron chi connectivity index (χ0n) is 12.3. The van der Waals surface area contributed by atoms with Gasteiger partial charge in [-0.25, -0.2) is 4.98 Å². The first-order valence-electron chi connectivity index (χ1n) is 7.03. The number of nitrogens with one attached hydrogen (secondary N) is 1. The Morgan fingerprint density at radius 3 is 2.91 bits per heavy atom. The van der Waals surface area contributed by atoms with E-state index in [0.29, 0.717) is 17.1 Å². The van der Waals surface area contributed by atoms with E-state index < -0.39 is 0 Å². The standard InChI is InChI=1S/C19H13N3O/c1-2-10-23-16-7-5-6-14(12-16)11-15(13-20)19-21-17-8-3-4-9-18(17)22-19/h1,3-9,11-12H,10H2,(H,21,22)/b15-11+. The maximum atomic E-state index is 9.44. The SMILES string of the molecule is C#CCOc1cccc(/C=C(\C#N)c2nc3ccccc3[nH]2)c1. The van der Waals surface area contributed by atoms with Gasteiger partial charge in [0, 0.05) is 0 Å². The van der Waals surface area contributed by atoms with Crippen molar-refractivity contribution >= 4 is 22.7 Å². The van der Waals surface area contributed by atoms with Crippen molar-refractivity contribution in [3.8, 4) is 24.2 Å². The van der Waals surface area contributed by atoms with Crippen molar-refractivity contribution in [2.24, 2.45) is 0 Å². The van der Waals surface area contributed by atoms with Crippen molar-refractivity contribution in [2.75, 3.05) is 6.61 Å². The van der Waals surface area contributed by atoms with Crippen LogP contribution in [0, 0.1) is 23.7 Å². The van der Waals surface area contributed by atoms with Gasteiger partial charge in [0.1, 0.15) is 24.3 Å². The first-order valence-corrected chi connectivity index (χ1v) is 7.03. The molecule has 0 spiro atoms. The van der Waals surface area contributed by atoms with Gasteiger partial charge in [-0.2, -0.15) is 5.26 Å². The molecule has 0 fully saturated rings. The highest BCUT2D eigenvalue weighted by Gasteiger charge is 2.07. The first kappa shape index (κ1) is 14.4. The van der Waals surface area contributed by atoms with Gasteiger partial charge in [-0.3, -0.25) is 0 Å². The average molecular weight is 299 g/mol. The summed E-state index contributed by atoms with van der Waals surface area (Å²) in [5.41, 5.74) is 3.02. The quantitative estimate of drug-likeness (QED) is 0.591. The summed E-state index contributed by atoms with van der Waals surface area (Å²) in [6.45, 7) is 0.210. The zero-order valence-corrected chi connectivity index (χ0v) is 12.3. The van der Waals surface area contributed by atoms with E-state index in [-0.39, 0.29) is 6.61 Å². The number of benzene rings is 2. The molecule has 0 aliphatic heterocycles. The minimum absolute atomic E-state index is 0.210. The van der Waals surface area contributed by atoms with E-state index in [4.69, 9.17) is 11.2 Å². The monoisotopic (exact) mass is 299 g/mol. The summed E-state index contributed by atoms with van der Waals surface area (Å²) in [6.07, 6.45) is 6.95. The van der Waals surface area contributed by atoms with Crippen molar-refractivity contribution < 1.29 is 4.74 Å². The van der Waals surface area contributed by atoms with Gasteiger partial charge >= 0.3 is 0 Å². The first-order chi connectivity index (χ1) is 11.3.